The van der Waals surface area contributed by atoms with Crippen LogP contribution < -0.4 is 0 Å². The molecular formula is C16H20BrNO4. The normalized spacial score (nSPS) is 18.1. The number of benzene rings is 1. The van der Waals surface area contributed by atoms with Crippen LogP contribution >= 0.6 is 15.9 Å². The number of carboxylic acid groups (broad SMARTS) is 1. The number of hydrogen-bond donors (Lipinski definition) is 2. The molecule has 120 valence electrons. The number of piperidine rings is 1. The predicted octanol–water partition coefficient (Wildman–Crippen LogP) is 2.16. The number of rotatable bonds is 3. The summed E-state index contributed by atoms with van der Waals surface area (Å²) in [6.07, 6.45) is 0.120. The number of aliphatic hydroxyl groups is 1. The van der Waals surface area contributed by atoms with Crippen molar-refractivity contribution in [3.8, 4) is 0 Å². The Morgan fingerprint density at radius 1 is 1.18 bits per heavy atom. The van der Waals surface area contributed by atoms with Gasteiger partial charge >= 0.3 is 5.97 Å². The average Bonchev–Trinajstić information content (AvgIpc) is 2.47. The first-order valence-corrected chi connectivity index (χ1v) is 7.97. The average molecular weight is 370 g/mol. The van der Waals surface area contributed by atoms with Gasteiger partial charge in [0.1, 0.15) is 0 Å². The lowest BCUT2D eigenvalue weighted by molar-refractivity contribution is -0.166. The van der Waals surface area contributed by atoms with Crippen molar-refractivity contribution in [3.63, 3.8) is 0 Å². The van der Waals surface area contributed by atoms with Gasteiger partial charge < -0.3 is 15.1 Å². The van der Waals surface area contributed by atoms with Crippen LogP contribution in [0.4, 0.5) is 0 Å². The van der Waals surface area contributed by atoms with E-state index in [4.69, 9.17) is 5.11 Å². The topological polar surface area (TPSA) is 77.8 Å². The first-order chi connectivity index (χ1) is 10.2. The Kier molecular flexibility index (Phi) is 4.63. The molecule has 1 amide bonds. The molecule has 1 heterocycles. The minimum atomic E-state index is -1.71. The fourth-order valence-corrected chi connectivity index (χ4v) is 2.94. The van der Waals surface area contributed by atoms with E-state index in [0.29, 0.717) is 0 Å². The lowest BCUT2D eigenvalue weighted by Gasteiger charge is -2.39. The third-order valence-corrected chi connectivity index (χ3v) is 4.91. The van der Waals surface area contributed by atoms with E-state index in [9.17, 15) is 14.7 Å². The van der Waals surface area contributed by atoms with Crippen LogP contribution in [0.1, 0.15) is 32.3 Å². The molecular weight excluding hydrogens is 350 g/mol. The van der Waals surface area contributed by atoms with Gasteiger partial charge in [0.15, 0.2) is 5.60 Å². The van der Waals surface area contributed by atoms with E-state index in [0.717, 1.165) is 10.0 Å². The summed E-state index contributed by atoms with van der Waals surface area (Å²) in [5.74, 6) is -1.27. The van der Waals surface area contributed by atoms with Crippen LogP contribution in [0.15, 0.2) is 28.7 Å². The summed E-state index contributed by atoms with van der Waals surface area (Å²) >= 11 is 3.37. The van der Waals surface area contributed by atoms with Gasteiger partial charge in [-0.05, 0) is 31.5 Å². The van der Waals surface area contributed by atoms with Crippen molar-refractivity contribution in [2.24, 2.45) is 0 Å². The molecule has 0 spiro atoms. The number of halogens is 1. The zero-order valence-electron chi connectivity index (χ0n) is 12.7. The summed E-state index contributed by atoms with van der Waals surface area (Å²) in [4.78, 5) is 25.5. The van der Waals surface area contributed by atoms with Gasteiger partial charge in [0.2, 0.25) is 5.91 Å². The van der Waals surface area contributed by atoms with Crippen molar-refractivity contribution in [3.05, 3.63) is 34.3 Å². The Bertz CT molecular complexity index is 574. The van der Waals surface area contributed by atoms with Crippen LogP contribution in [0.2, 0.25) is 0 Å². The Morgan fingerprint density at radius 2 is 1.68 bits per heavy atom. The number of carbonyl (C=O) groups excluding carboxylic acids is 1. The SMILES string of the molecule is CC(C)(C(=O)N1CCC(O)(C(=O)O)CC1)c1ccc(Br)cc1. The van der Waals surface area contributed by atoms with Crippen molar-refractivity contribution in [2.45, 2.75) is 37.7 Å². The lowest BCUT2D eigenvalue weighted by atomic mass is 9.82. The summed E-state index contributed by atoms with van der Waals surface area (Å²) in [7, 11) is 0. The molecule has 2 N–H and O–H groups in total. The molecule has 0 aromatic heterocycles. The first-order valence-electron chi connectivity index (χ1n) is 7.18. The third kappa shape index (κ3) is 3.17. The molecule has 1 aliphatic heterocycles. The molecule has 2 rings (SSSR count). The maximum atomic E-state index is 12.8. The highest BCUT2D eigenvalue weighted by molar-refractivity contribution is 9.10. The van der Waals surface area contributed by atoms with Gasteiger partial charge in [0.05, 0.1) is 5.41 Å². The predicted molar refractivity (Wildman–Crippen MR) is 85.6 cm³/mol. The molecule has 1 aliphatic rings. The van der Waals surface area contributed by atoms with Crippen molar-refractivity contribution in [2.75, 3.05) is 13.1 Å². The molecule has 0 saturated carbocycles. The minimum absolute atomic E-state index is 0.0535. The molecule has 5 nitrogen and oxygen atoms in total. The Labute approximate surface area is 138 Å². The van der Waals surface area contributed by atoms with Crippen LogP contribution in [0.25, 0.3) is 0 Å². The standard InChI is InChI=1S/C16H20BrNO4/c1-15(2,11-3-5-12(17)6-4-11)13(19)18-9-7-16(22,8-10-18)14(20)21/h3-6,22H,7-10H2,1-2H3,(H,20,21). The molecule has 0 atom stereocenters. The highest BCUT2D eigenvalue weighted by atomic mass is 79.9. The monoisotopic (exact) mass is 369 g/mol. The Hall–Kier alpha value is -1.40. The van der Waals surface area contributed by atoms with E-state index in [-0.39, 0.29) is 31.8 Å². The zero-order chi connectivity index (χ0) is 16.5. The lowest BCUT2D eigenvalue weighted by Crippen LogP contribution is -2.54. The van der Waals surface area contributed by atoms with E-state index in [2.05, 4.69) is 15.9 Å². The van der Waals surface area contributed by atoms with Gasteiger partial charge in [0, 0.05) is 30.4 Å². The van der Waals surface area contributed by atoms with Crippen LogP contribution in [0.3, 0.4) is 0 Å². The number of likely N-dealkylation sites (tertiary alicyclic amines) is 1. The quantitative estimate of drug-likeness (QED) is 0.855. The molecule has 1 aromatic rings. The van der Waals surface area contributed by atoms with Crippen LogP contribution in [0.5, 0.6) is 0 Å². The molecule has 1 aromatic carbocycles. The van der Waals surface area contributed by atoms with Crippen LogP contribution in [0, 0.1) is 0 Å². The maximum absolute atomic E-state index is 12.8. The van der Waals surface area contributed by atoms with E-state index >= 15 is 0 Å². The second kappa shape index (κ2) is 6.01. The zero-order valence-corrected chi connectivity index (χ0v) is 14.3. The number of hydrogen-bond acceptors (Lipinski definition) is 3. The molecule has 0 bridgehead atoms. The van der Waals surface area contributed by atoms with Gasteiger partial charge in [-0.2, -0.15) is 0 Å². The molecule has 0 unspecified atom stereocenters. The van der Waals surface area contributed by atoms with Crippen LogP contribution in [-0.4, -0.2) is 45.7 Å². The van der Waals surface area contributed by atoms with Gasteiger partial charge in [0.25, 0.3) is 0 Å². The second-order valence-electron chi connectivity index (χ2n) is 6.26. The Morgan fingerprint density at radius 3 is 2.14 bits per heavy atom. The fourth-order valence-electron chi connectivity index (χ4n) is 2.68. The second-order valence-corrected chi connectivity index (χ2v) is 7.18. The van der Waals surface area contributed by atoms with Crippen molar-refractivity contribution in [1.82, 2.24) is 4.90 Å². The van der Waals surface area contributed by atoms with Gasteiger partial charge in [-0.25, -0.2) is 4.79 Å². The fraction of sp³-hybridized carbons (Fsp3) is 0.500. The maximum Gasteiger partial charge on any atom is 0.335 e. The third-order valence-electron chi connectivity index (χ3n) is 4.38. The van der Waals surface area contributed by atoms with Crippen LogP contribution in [-0.2, 0) is 15.0 Å². The summed E-state index contributed by atoms with van der Waals surface area (Å²) in [5, 5.41) is 19.0. The number of nitrogens with zero attached hydrogens (tertiary/aromatic N) is 1. The minimum Gasteiger partial charge on any atom is -0.479 e. The summed E-state index contributed by atoms with van der Waals surface area (Å²) in [6.45, 7) is 4.22. The number of amides is 1. The smallest absolute Gasteiger partial charge is 0.335 e. The highest BCUT2D eigenvalue weighted by Crippen LogP contribution is 2.30. The summed E-state index contributed by atoms with van der Waals surface area (Å²) in [6, 6.07) is 7.59. The van der Waals surface area contributed by atoms with E-state index in [1.807, 2.05) is 38.1 Å². The van der Waals surface area contributed by atoms with Gasteiger partial charge in [-0.1, -0.05) is 28.1 Å². The molecule has 22 heavy (non-hydrogen) atoms. The number of carbonyl (C=O) groups is 2. The van der Waals surface area contributed by atoms with E-state index in [1.165, 1.54) is 0 Å². The van der Waals surface area contributed by atoms with Crippen molar-refractivity contribution >= 4 is 27.8 Å². The molecule has 1 saturated heterocycles. The van der Waals surface area contributed by atoms with Crippen molar-refractivity contribution in [1.29, 1.82) is 0 Å². The number of aliphatic carboxylic acids is 1. The molecule has 0 radical (unpaired) electrons. The molecule has 6 heteroatoms. The van der Waals surface area contributed by atoms with Crippen molar-refractivity contribution < 1.29 is 19.8 Å². The largest absolute Gasteiger partial charge is 0.479 e. The number of carboxylic acids is 1. The first kappa shape index (κ1) is 17.0. The van der Waals surface area contributed by atoms with E-state index in [1.54, 1.807) is 4.90 Å². The van der Waals surface area contributed by atoms with Gasteiger partial charge in [-0.15, -0.1) is 0 Å². The summed E-state index contributed by atoms with van der Waals surface area (Å²) in [5.41, 5.74) is -1.50. The highest BCUT2D eigenvalue weighted by Gasteiger charge is 2.43. The van der Waals surface area contributed by atoms with Gasteiger partial charge in [-0.3, -0.25) is 4.79 Å². The van der Waals surface area contributed by atoms with E-state index < -0.39 is 17.0 Å². The Balaban J connectivity index is 2.12. The molecule has 0 aliphatic carbocycles. The molecule has 1 fully saturated rings. The summed E-state index contributed by atoms with van der Waals surface area (Å²) < 4.78 is 0.948.